The lowest BCUT2D eigenvalue weighted by Gasteiger charge is -2.06. The molecule has 1 aliphatic heterocycles. The van der Waals surface area contributed by atoms with Crippen LogP contribution in [0.1, 0.15) is 10.4 Å². The third-order valence-corrected chi connectivity index (χ3v) is 3.86. The summed E-state index contributed by atoms with van der Waals surface area (Å²) in [5, 5.41) is 10.9. The number of rotatable bonds is 4. The average molecular weight is 270 g/mol. The van der Waals surface area contributed by atoms with Gasteiger partial charge in [0.05, 0.1) is 22.8 Å². The third-order valence-electron chi connectivity index (χ3n) is 2.40. The maximum absolute atomic E-state index is 11.7. The second-order valence-corrected chi connectivity index (χ2v) is 5.38. The van der Waals surface area contributed by atoms with Crippen molar-refractivity contribution < 1.29 is 23.1 Å². The van der Waals surface area contributed by atoms with E-state index in [1.165, 1.54) is 12.1 Å². The highest BCUT2D eigenvalue weighted by Crippen LogP contribution is 2.25. The fourth-order valence-corrected chi connectivity index (χ4v) is 2.60. The van der Waals surface area contributed by atoms with Crippen molar-refractivity contribution in [2.45, 2.75) is 4.90 Å². The molecule has 7 nitrogen and oxygen atoms in total. The largest absolute Gasteiger partial charge is 0.395 e. The third kappa shape index (κ3) is 2.13. The molecule has 0 saturated carbocycles. The quantitative estimate of drug-likeness (QED) is 0.613. The van der Waals surface area contributed by atoms with Gasteiger partial charge in [-0.05, 0) is 18.2 Å². The van der Waals surface area contributed by atoms with Gasteiger partial charge in [-0.25, -0.2) is 13.1 Å². The minimum atomic E-state index is -3.79. The number of hydrogen-bond donors (Lipinski definition) is 3. The van der Waals surface area contributed by atoms with Crippen LogP contribution in [0.3, 0.4) is 0 Å². The number of amides is 1. The van der Waals surface area contributed by atoms with Gasteiger partial charge in [0.1, 0.15) is 0 Å². The molecule has 8 heteroatoms. The molecule has 0 fully saturated rings. The van der Waals surface area contributed by atoms with Crippen molar-refractivity contribution in [3.63, 3.8) is 0 Å². The van der Waals surface area contributed by atoms with Crippen LogP contribution in [-0.2, 0) is 14.8 Å². The Balaban J connectivity index is 2.39. The molecular weight excluding hydrogens is 260 g/mol. The highest BCUT2D eigenvalue weighted by Gasteiger charge is 2.29. The van der Waals surface area contributed by atoms with Crippen LogP contribution in [0.15, 0.2) is 23.1 Å². The summed E-state index contributed by atoms with van der Waals surface area (Å²) in [4.78, 5) is 22.4. The van der Waals surface area contributed by atoms with Crippen LogP contribution in [0.25, 0.3) is 0 Å². The maximum atomic E-state index is 11.7. The normalized spacial score (nSPS) is 14.5. The second kappa shape index (κ2) is 4.48. The molecule has 0 unspecified atom stereocenters. The van der Waals surface area contributed by atoms with Crippen LogP contribution in [0.4, 0.5) is 5.69 Å². The Hall–Kier alpha value is -1.77. The summed E-state index contributed by atoms with van der Waals surface area (Å²) in [6, 6.07) is 3.76. The zero-order chi connectivity index (χ0) is 13.3. The zero-order valence-corrected chi connectivity index (χ0v) is 9.95. The van der Waals surface area contributed by atoms with E-state index >= 15 is 0 Å². The van der Waals surface area contributed by atoms with Crippen LogP contribution >= 0.6 is 0 Å². The molecule has 0 aliphatic carbocycles. The van der Waals surface area contributed by atoms with Gasteiger partial charge in [-0.2, -0.15) is 0 Å². The lowest BCUT2D eigenvalue weighted by atomic mass is 10.1. The summed E-state index contributed by atoms with van der Waals surface area (Å²) in [5.74, 6) is -1.54. The summed E-state index contributed by atoms with van der Waals surface area (Å²) in [6.45, 7) is -0.451. The molecule has 1 heterocycles. The van der Waals surface area contributed by atoms with Crippen LogP contribution in [-0.4, -0.2) is 38.4 Å². The van der Waals surface area contributed by atoms with E-state index in [-0.39, 0.29) is 23.6 Å². The van der Waals surface area contributed by atoms with E-state index in [9.17, 15) is 18.0 Å². The van der Waals surface area contributed by atoms with E-state index in [1.807, 2.05) is 0 Å². The maximum Gasteiger partial charge on any atom is 0.296 e. The van der Waals surface area contributed by atoms with Gasteiger partial charge < -0.3 is 10.4 Å². The Bertz CT molecular complexity index is 623. The van der Waals surface area contributed by atoms with Gasteiger partial charge in [0.15, 0.2) is 0 Å². The van der Waals surface area contributed by atoms with E-state index in [4.69, 9.17) is 5.11 Å². The SMILES string of the molecule is O=C1Nc2ccc(S(=O)(=O)NCCO)cc2C1=O. The summed E-state index contributed by atoms with van der Waals surface area (Å²) in [7, 11) is -3.79. The summed E-state index contributed by atoms with van der Waals surface area (Å²) < 4.78 is 25.6. The van der Waals surface area contributed by atoms with Crippen LogP contribution < -0.4 is 10.0 Å². The molecule has 0 spiro atoms. The van der Waals surface area contributed by atoms with E-state index in [2.05, 4.69) is 10.0 Å². The van der Waals surface area contributed by atoms with Gasteiger partial charge in [-0.15, -0.1) is 0 Å². The van der Waals surface area contributed by atoms with E-state index in [1.54, 1.807) is 0 Å². The second-order valence-electron chi connectivity index (χ2n) is 3.61. The molecule has 0 aromatic heterocycles. The van der Waals surface area contributed by atoms with Crippen LogP contribution in [0, 0.1) is 0 Å². The molecule has 0 atom stereocenters. The highest BCUT2D eigenvalue weighted by molar-refractivity contribution is 7.89. The van der Waals surface area contributed by atoms with Crippen molar-refractivity contribution in [2.24, 2.45) is 0 Å². The number of carbonyl (C=O) groups is 2. The lowest BCUT2D eigenvalue weighted by Crippen LogP contribution is -2.26. The number of hydrogen-bond acceptors (Lipinski definition) is 5. The van der Waals surface area contributed by atoms with Crippen molar-refractivity contribution in [1.82, 2.24) is 4.72 Å². The van der Waals surface area contributed by atoms with Crippen LogP contribution in [0.5, 0.6) is 0 Å². The van der Waals surface area contributed by atoms with Gasteiger partial charge >= 0.3 is 0 Å². The predicted octanol–water partition coefficient (Wildman–Crippen LogP) is -0.908. The molecule has 0 saturated heterocycles. The number of aliphatic hydroxyl groups excluding tert-OH is 1. The molecule has 3 N–H and O–H groups in total. The van der Waals surface area contributed by atoms with E-state index < -0.39 is 21.7 Å². The van der Waals surface area contributed by atoms with Crippen molar-refractivity contribution >= 4 is 27.4 Å². The first-order chi connectivity index (χ1) is 8.45. The first-order valence-electron chi connectivity index (χ1n) is 5.06. The Labute approximate surface area is 103 Å². The van der Waals surface area contributed by atoms with Gasteiger partial charge in [-0.1, -0.05) is 0 Å². The topological polar surface area (TPSA) is 113 Å². The number of sulfonamides is 1. The molecule has 18 heavy (non-hydrogen) atoms. The van der Waals surface area contributed by atoms with Gasteiger partial charge in [-0.3, -0.25) is 9.59 Å². The highest BCUT2D eigenvalue weighted by atomic mass is 32.2. The number of ketones is 1. The minimum Gasteiger partial charge on any atom is -0.395 e. The molecule has 0 radical (unpaired) electrons. The van der Waals surface area contributed by atoms with Crippen LogP contribution in [0.2, 0.25) is 0 Å². The first kappa shape index (κ1) is 12.7. The summed E-state index contributed by atoms with van der Waals surface area (Å²) in [6.07, 6.45) is 0. The molecule has 1 amide bonds. The number of benzene rings is 1. The van der Waals surface area contributed by atoms with Crippen molar-refractivity contribution in [1.29, 1.82) is 0 Å². The molecule has 1 aliphatic rings. The van der Waals surface area contributed by atoms with Crippen molar-refractivity contribution in [3.8, 4) is 0 Å². The number of aliphatic hydroxyl groups is 1. The summed E-state index contributed by atoms with van der Waals surface area (Å²) in [5.41, 5.74) is 0.331. The zero-order valence-electron chi connectivity index (χ0n) is 9.13. The van der Waals surface area contributed by atoms with E-state index in [0.29, 0.717) is 5.69 Å². The van der Waals surface area contributed by atoms with Gasteiger partial charge in [0, 0.05) is 6.54 Å². The monoisotopic (exact) mass is 270 g/mol. The smallest absolute Gasteiger partial charge is 0.296 e. The molecule has 2 rings (SSSR count). The number of fused-ring (bicyclic) bond motifs is 1. The molecular formula is C10H10N2O5S. The fraction of sp³-hybridized carbons (Fsp3) is 0.200. The Morgan fingerprint density at radius 2 is 2.00 bits per heavy atom. The lowest BCUT2D eigenvalue weighted by molar-refractivity contribution is -0.112. The average Bonchev–Trinajstić information content (AvgIpc) is 2.62. The first-order valence-corrected chi connectivity index (χ1v) is 6.54. The molecule has 96 valence electrons. The van der Waals surface area contributed by atoms with Gasteiger partial charge in [0.2, 0.25) is 10.0 Å². The minimum absolute atomic E-state index is 0.0341. The molecule has 0 bridgehead atoms. The Morgan fingerprint density at radius 1 is 1.28 bits per heavy atom. The molecule has 1 aromatic carbocycles. The standard InChI is InChI=1S/C10H10N2O5S/c13-4-3-11-18(16,17)6-1-2-8-7(5-6)9(14)10(15)12-8/h1-2,5,11,13H,3-4H2,(H,12,14,15). The number of nitrogens with one attached hydrogen (secondary N) is 2. The van der Waals surface area contributed by atoms with E-state index in [0.717, 1.165) is 6.07 Å². The van der Waals surface area contributed by atoms with Crippen molar-refractivity contribution in [2.75, 3.05) is 18.5 Å². The predicted molar refractivity (Wildman–Crippen MR) is 61.7 cm³/mol. The summed E-state index contributed by atoms with van der Waals surface area (Å²) >= 11 is 0. The van der Waals surface area contributed by atoms with Crippen molar-refractivity contribution in [3.05, 3.63) is 23.8 Å². The fourth-order valence-electron chi connectivity index (χ4n) is 1.55. The molecule has 1 aromatic rings. The Morgan fingerprint density at radius 3 is 2.67 bits per heavy atom. The number of anilines is 1. The Kier molecular flexibility index (Phi) is 3.16. The van der Waals surface area contributed by atoms with Gasteiger partial charge in [0.25, 0.3) is 11.7 Å². The number of Topliss-reactive ketones (excluding diaryl/α,β-unsaturated/α-hetero) is 1. The number of carbonyl (C=O) groups excluding carboxylic acids is 2.